The second kappa shape index (κ2) is 8.03. The summed E-state index contributed by atoms with van der Waals surface area (Å²) in [5.74, 6) is 0.0432. The Morgan fingerprint density at radius 2 is 1.95 bits per heavy atom. The van der Waals surface area contributed by atoms with Gasteiger partial charge in [0.1, 0.15) is 0 Å². The zero-order valence-corrected chi connectivity index (χ0v) is 14.3. The van der Waals surface area contributed by atoms with Crippen LogP contribution in [0.5, 0.6) is 0 Å². The molecule has 1 aliphatic rings. The lowest BCUT2D eigenvalue weighted by atomic mass is 10.0. The van der Waals surface area contributed by atoms with Crippen LogP contribution < -0.4 is 11.1 Å². The predicted molar refractivity (Wildman–Crippen MR) is 88.4 cm³/mol. The molecule has 21 heavy (non-hydrogen) atoms. The summed E-state index contributed by atoms with van der Waals surface area (Å²) < 4.78 is 5.01. The highest BCUT2D eigenvalue weighted by atomic mass is 32.1. The van der Waals surface area contributed by atoms with Crippen LogP contribution in [-0.4, -0.2) is 78.7 Å². The quantitative estimate of drug-likeness (QED) is 0.635. The zero-order valence-electron chi connectivity index (χ0n) is 13.5. The third kappa shape index (κ3) is 5.50. The van der Waals surface area contributed by atoms with Gasteiger partial charge in [-0.25, -0.2) is 0 Å². The summed E-state index contributed by atoms with van der Waals surface area (Å²) >= 11 is 5.13. The number of nitrogens with zero attached hydrogens (tertiary/aromatic N) is 2. The molecule has 0 saturated carbocycles. The summed E-state index contributed by atoms with van der Waals surface area (Å²) in [6, 6.07) is 0.0392. The number of hydrogen-bond acceptors (Lipinski definition) is 5. The van der Waals surface area contributed by atoms with E-state index in [0.717, 1.165) is 26.2 Å². The molecular formula is C14H28N4O2S. The number of methoxy groups -OCH3 is 1. The normalized spacial score (nSPS) is 19.2. The van der Waals surface area contributed by atoms with Gasteiger partial charge in [0.25, 0.3) is 0 Å². The monoisotopic (exact) mass is 316 g/mol. The van der Waals surface area contributed by atoms with Crippen LogP contribution in [-0.2, 0) is 9.53 Å². The van der Waals surface area contributed by atoms with Crippen LogP contribution in [0.15, 0.2) is 0 Å². The Hall–Kier alpha value is -0.760. The number of carbonyl (C=O) groups excluding carboxylic acids is 1. The molecular weight excluding hydrogens is 288 g/mol. The Balaban J connectivity index is 2.37. The first kappa shape index (κ1) is 18.3. The first-order valence-corrected chi connectivity index (χ1v) is 7.73. The summed E-state index contributed by atoms with van der Waals surface area (Å²) in [4.78, 5) is 16.9. The highest BCUT2D eigenvalue weighted by molar-refractivity contribution is 7.80. The summed E-state index contributed by atoms with van der Waals surface area (Å²) in [5, 5.41) is 2.93. The fourth-order valence-electron chi connectivity index (χ4n) is 2.44. The fraction of sp³-hybridized carbons (Fsp3) is 0.857. The molecule has 0 aromatic rings. The van der Waals surface area contributed by atoms with Crippen molar-refractivity contribution in [1.29, 1.82) is 0 Å². The van der Waals surface area contributed by atoms with Gasteiger partial charge in [0.2, 0.25) is 5.91 Å². The molecule has 3 N–H and O–H groups in total. The van der Waals surface area contributed by atoms with Gasteiger partial charge in [-0.15, -0.1) is 0 Å². The topological polar surface area (TPSA) is 70.8 Å². The van der Waals surface area contributed by atoms with Gasteiger partial charge in [0.15, 0.2) is 0 Å². The van der Waals surface area contributed by atoms with E-state index in [2.05, 4.69) is 15.1 Å². The van der Waals surface area contributed by atoms with Gasteiger partial charge in [0.05, 0.1) is 23.7 Å². The van der Waals surface area contributed by atoms with E-state index in [4.69, 9.17) is 22.7 Å². The van der Waals surface area contributed by atoms with Crippen LogP contribution >= 0.6 is 12.2 Å². The van der Waals surface area contributed by atoms with Gasteiger partial charge in [0, 0.05) is 39.3 Å². The molecule has 1 fully saturated rings. The molecule has 0 aromatic heterocycles. The maximum atomic E-state index is 11.9. The Morgan fingerprint density at radius 3 is 2.43 bits per heavy atom. The van der Waals surface area contributed by atoms with Crippen molar-refractivity contribution in [3.63, 3.8) is 0 Å². The number of hydrogen-bond donors (Lipinski definition) is 2. The highest BCUT2D eigenvalue weighted by Gasteiger charge is 2.32. The van der Waals surface area contributed by atoms with Crippen LogP contribution in [0.4, 0.5) is 0 Å². The molecule has 0 bridgehead atoms. The third-order valence-corrected chi connectivity index (χ3v) is 4.46. The van der Waals surface area contributed by atoms with Gasteiger partial charge in [-0.2, -0.15) is 0 Å². The Labute approximate surface area is 133 Å². The molecule has 1 unspecified atom stereocenters. The fourth-order valence-corrected chi connectivity index (χ4v) is 2.57. The third-order valence-electron chi connectivity index (χ3n) is 3.96. The number of nitrogens with one attached hydrogen (secondary N) is 1. The molecule has 0 spiro atoms. The van der Waals surface area contributed by atoms with Crippen molar-refractivity contribution >= 4 is 23.1 Å². The molecule has 0 aliphatic carbocycles. The second-order valence-corrected chi connectivity index (χ2v) is 6.55. The molecule has 1 aliphatic heterocycles. The number of nitrogens with two attached hydrogens (primary N) is 1. The van der Waals surface area contributed by atoms with E-state index in [0.29, 0.717) is 18.1 Å². The molecule has 0 aromatic carbocycles. The van der Waals surface area contributed by atoms with E-state index in [1.165, 1.54) is 0 Å². The molecule has 1 saturated heterocycles. The SMILES string of the molecule is COCC(C)NC(=O)CN1CCN(C(C)(C)C(N)=S)CC1. The van der Waals surface area contributed by atoms with Gasteiger partial charge in [-0.1, -0.05) is 12.2 Å². The highest BCUT2D eigenvalue weighted by Crippen LogP contribution is 2.17. The van der Waals surface area contributed by atoms with Gasteiger partial charge >= 0.3 is 0 Å². The number of rotatable bonds is 7. The lowest BCUT2D eigenvalue weighted by molar-refractivity contribution is -0.123. The summed E-state index contributed by atoms with van der Waals surface area (Å²) in [5.41, 5.74) is 5.53. The number of piperazine rings is 1. The van der Waals surface area contributed by atoms with Crippen molar-refractivity contribution in [2.45, 2.75) is 32.4 Å². The van der Waals surface area contributed by atoms with Crippen molar-refractivity contribution in [3.8, 4) is 0 Å². The van der Waals surface area contributed by atoms with Crippen molar-refractivity contribution in [2.24, 2.45) is 5.73 Å². The molecule has 6 nitrogen and oxygen atoms in total. The number of carbonyl (C=O) groups is 1. The van der Waals surface area contributed by atoms with Crippen molar-refractivity contribution in [2.75, 3.05) is 46.4 Å². The van der Waals surface area contributed by atoms with E-state index < -0.39 is 0 Å². The lowest BCUT2D eigenvalue weighted by Gasteiger charge is -2.43. The molecule has 1 atom stereocenters. The maximum absolute atomic E-state index is 11.9. The minimum Gasteiger partial charge on any atom is -0.392 e. The molecule has 1 heterocycles. The Bertz CT molecular complexity index is 368. The molecule has 7 heteroatoms. The van der Waals surface area contributed by atoms with E-state index >= 15 is 0 Å². The van der Waals surface area contributed by atoms with Gasteiger partial charge in [-0.05, 0) is 20.8 Å². The standard InChI is InChI=1S/C14H28N4O2S/c1-11(10-20-4)16-12(19)9-17-5-7-18(8-6-17)14(2,3)13(15)21/h11H,5-10H2,1-4H3,(H2,15,21)(H,16,19). The van der Waals surface area contributed by atoms with Crippen LogP contribution in [0.2, 0.25) is 0 Å². The zero-order chi connectivity index (χ0) is 16.0. The first-order valence-electron chi connectivity index (χ1n) is 7.33. The predicted octanol–water partition coefficient (Wildman–Crippen LogP) is -0.180. The molecule has 1 amide bonds. The summed E-state index contributed by atoms with van der Waals surface area (Å²) in [6.07, 6.45) is 0. The van der Waals surface area contributed by atoms with Gasteiger partial charge < -0.3 is 15.8 Å². The van der Waals surface area contributed by atoms with Crippen molar-refractivity contribution in [3.05, 3.63) is 0 Å². The van der Waals surface area contributed by atoms with Crippen LogP contribution in [0.1, 0.15) is 20.8 Å². The van der Waals surface area contributed by atoms with E-state index in [-0.39, 0.29) is 17.5 Å². The number of amides is 1. The molecule has 0 radical (unpaired) electrons. The van der Waals surface area contributed by atoms with Crippen molar-refractivity contribution < 1.29 is 9.53 Å². The van der Waals surface area contributed by atoms with Crippen LogP contribution in [0.25, 0.3) is 0 Å². The van der Waals surface area contributed by atoms with Gasteiger partial charge in [-0.3, -0.25) is 14.6 Å². The minimum atomic E-state index is -0.267. The Morgan fingerprint density at radius 1 is 1.38 bits per heavy atom. The van der Waals surface area contributed by atoms with Crippen LogP contribution in [0, 0.1) is 0 Å². The molecule has 1 rings (SSSR count). The lowest BCUT2D eigenvalue weighted by Crippen LogP contribution is -2.60. The summed E-state index contributed by atoms with van der Waals surface area (Å²) in [7, 11) is 1.63. The minimum absolute atomic E-state index is 0.0392. The maximum Gasteiger partial charge on any atom is 0.234 e. The average Bonchev–Trinajstić information content (AvgIpc) is 2.39. The van der Waals surface area contributed by atoms with E-state index in [1.807, 2.05) is 20.8 Å². The number of ether oxygens (including phenoxy) is 1. The summed E-state index contributed by atoms with van der Waals surface area (Å²) in [6.45, 7) is 10.4. The first-order chi connectivity index (χ1) is 9.77. The van der Waals surface area contributed by atoms with Crippen molar-refractivity contribution in [1.82, 2.24) is 15.1 Å². The van der Waals surface area contributed by atoms with E-state index in [1.54, 1.807) is 7.11 Å². The number of thiocarbonyl (C=S) groups is 1. The largest absolute Gasteiger partial charge is 0.392 e. The smallest absolute Gasteiger partial charge is 0.234 e. The average molecular weight is 316 g/mol. The van der Waals surface area contributed by atoms with Crippen LogP contribution in [0.3, 0.4) is 0 Å². The molecule has 122 valence electrons. The Kier molecular flexibility index (Phi) is 6.99. The second-order valence-electron chi connectivity index (χ2n) is 6.11. The van der Waals surface area contributed by atoms with E-state index in [9.17, 15) is 4.79 Å².